The molecule has 0 amide bonds. The van der Waals surface area contributed by atoms with Gasteiger partial charge in [-0.05, 0) is 43.9 Å². The number of hydrogen-bond donors (Lipinski definition) is 1. The van der Waals surface area contributed by atoms with Crippen molar-refractivity contribution in [2.75, 3.05) is 13.7 Å². The molecule has 0 atom stereocenters. The second-order valence-electron chi connectivity index (χ2n) is 6.32. The first-order chi connectivity index (χ1) is 10.1. The summed E-state index contributed by atoms with van der Waals surface area (Å²) in [5, 5.41) is 0. The van der Waals surface area contributed by atoms with Crippen LogP contribution in [0.3, 0.4) is 0 Å². The number of benzene rings is 1. The molecule has 0 heterocycles. The van der Waals surface area contributed by atoms with Crippen LogP contribution in [0.15, 0.2) is 12.1 Å². The van der Waals surface area contributed by atoms with Crippen LogP contribution in [0.2, 0.25) is 0 Å². The molecule has 2 rings (SSSR count). The third-order valence-corrected chi connectivity index (χ3v) is 5.06. The number of ether oxygens (including phenoxy) is 1. The van der Waals surface area contributed by atoms with Crippen molar-refractivity contribution in [3.8, 4) is 5.75 Å². The largest absolute Gasteiger partial charge is 0.496 e. The normalized spacial score (nSPS) is 18.1. The summed E-state index contributed by atoms with van der Waals surface area (Å²) in [5.74, 6) is 0.893. The van der Waals surface area contributed by atoms with E-state index >= 15 is 0 Å². The van der Waals surface area contributed by atoms with Gasteiger partial charge in [0.15, 0.2) is 5.78 Å². The molecule has 0 radical (unpaired) electrons. The highest BCUT2D eigenvalue weighted by Crippen LogP contribution is 2.40. The summed E-state index contributed by atoms with van der Waals surface area (Å²) in [6.07, 6.45) is 6.40. The van der Waals surface area contributed by atoms with Crippen LogP contribution in [-0.4, -0.2) is 19.4 Å². The van der Waals surface area contributed by atoms with Crippen LogP contribution in [0, 0.1) is 19.3 Å². The fourth-order valence-electron chi connectivity index (χ4n) is 3.45. The van der Waals surface area contributed by atoms with Crippen molar-refractivity contribution in [3.63, 3.8) is 0 Å². The van der Waals surface area contributed by atoms with E-state index in [1.807, 2.05) is 26.0 Å². The van der Waals surface area contributed by atoms with Crippen molar-refractivity contribution in [2.45, 2.75) is 52.4 Å². The van der Waals surface area contributed by atoms with Gasteiger partial charge in [-0.15, -0.1) is 0 Å². The average molecular weight is 289 g/mol. The molecule has 1 fully saturated rings. The molecule has 1 aliphatic carbocycles. The lowest BCUT2D eigenvalue weighted by Gasteiger charge is -2.30. The predicted molar refractivity (Wildman–Crippen MR) is 86.0 cm³/mol. The summed E-state index contributed by atoms with van der Waals surface area (Å²) in [6, 6.07) is 3.91. The zero-order valence-corrected chi connectivity index (χ0v) is 13.5. The van der Waals surface area contributed by atoms with Gasteiger partial charge in [0.1, 0.15) is 5.75 Å². The maximum Gasteiger partial charge on any atom is 0.173 e. The van der Waals surface area contributed by atoms with Crippen molar-refractivity contribution >= 4 is 5.78 Å². The first kappa shape index (κ1) is 16.0. The van der Waals surface area contributed by atoms with Gasteiger partial charge in [-0.25, -0.2) is 0 Å². The zero-order chi connectivity index (χ0) is 15.5. The van der Waals surface area contributed by atoms with Crippen molar-refractivity contribution in [1.29, 1.82) is 0 Å². The first-order valence-electron chi connectivity index (χ1n) is 7.95. The van der Waals surface area contributed by atoms with Gasteiger partial charge in [0.2, 0.25) is 0 Å². The van der Waals surface area contributed by atoms with E-state index in [9.17, 15) is 4.79 Å². The fourth-order valence-corrected chi connectivity index (χ4v) is 3.45. The molecular weight excluding hydrogens is 262 g/mol. The van der Waals surface area contributed by atoms with E-state index in [1.54, 1.807) is 7.11 Å². The van der Waals surface area contributed by atoms with Gasteiger partial charge in [-0.1, -0.05) is 31.7 Å². The molecule has 3 nitrogen and oxygen atoms in total. The van der Waals surface area contributed by atoms with Crippen LogP contribution >= 0.6 is 0 Å². The quantitative estimate of drug-likeness (QED) is 0.677. The van der Waals surface area contributed by atoms with Gasteiger partial charge in [-0.2, -0.15) is 0 Å². The molecule has 21 heavy (non-hydrogen) atoms. The number of nitrogens with two attached hydrogens (primary N) is 1. The van der Waals surface area contributed by atoms with E-state index in [0.717, 1.165) is 42.6 Å². The second kappa shape index (κ2) is 6.61. The standard InChI is InChI=1S/C18H27NO2/c1-13-8-9-15(16(21-3)14(13)2)17(20)18(12-19)10-6-4-5-7-11-18/h8-9H,4-7,10-12,19H2,1-3H3. The molecule has 0 bridgehead atoms. The molecule has 0 saturated heterocycles. The van der Waals surface area contributed by atoms with E-state index in [-0.39, 0.29) is 5.78 Å². The van der Waals surface area contributed by atoms with Gasteiger partial charge in [0.25, 0.3) is 0 Å². The van der Waals surface area contributed by atoms with Crippen molar-refractivity contribution in [1.82, 2.24) is 0 Å². The zero-order valence-electron chi connectivity index (χ0n) is 13.5. The van der Waals surface area contributed by atoms with Crippen molar-refractivity contribution in [3.05, 3.63) is 28.8 Å². The molecule has 0 spiro atoms. The van der Waals surface area contributed by atoms with Crippen molar-refractivity contribution < 1.29 is 9.53 Å². The number of aryl methyl sites for hydroxylation is 1. The topological polar surface area (TPSA) is 52.3 Å². The Hall–Kier alpha value is -1.35. The second-order valence-corrected chi connectivity index (χ2v) is 6.32. The predicted octanol–water partition coefficient (Wildman–Crippen LogP) is 3.79. The Morgan fingerprint density at radius 2 is 1.81 bits per heavy atom. The lowest BCUT2D eigenvalue weighted by Crippen LogP contribution is -2.38. The minimum absolute atomic E-state index is 0.173. The molecule has 2 N–H and O–H groups in total. The first-order valence-corrected chi connectivity index (χ1v) is 7.95. The van der Waals surface area contributed by atoms with Crippen LogP contribution in [0.25, 0.3) is 0 Å². The van der Waals surface area contributed by atoms with E-state index in [2.05, 4.69) is 0 Å². The van der Waals surface area contributed by atoms with Crippen LogP contribution in [0.4, 0.5) is 0 Å². The van der Waals surface area contributed by atoms with Crippen LogP contribution in [-0.2, 0) is 0 Å². The highest BCUT2D eigenvalue weighted by atomic mass is 16.5. The minimum atomic E-state index is -0.397. The summed E-state index contributed by atoms with van der Waals surface area (Å²) in [5.41, 5.74) is 8.54. The molecule has 1 aromatic carbocycles. The number of hydrogen-bond acceptors (Lipinski definition) is 3. The average Bonchev–Trinajstić information content (AvgIpc) is 2.75. The third kappa shape index (κ3) is 2.98. The molecule has 1 aromatic rings. The van der Waals surface area contributed by atoms with Gasteiger partial charge in [0.05, 0.1) is 12.7 Å². The summed E-state index contributed by atoms with van der Waals surface area (Å²) in [4.78, 5) is 13.2. The summed E-state index contributed by atoms with van der Waals surface area (Å²) in [7, 11) is 1.64. The van der Waals surface area contributed by atoms with E-state index in [0.29, 0.717) is 12.1 Å². The van der Waals surface area contributed by atoms with E-state index in [1.165, 1.54) is 12.8 Å². The molecular formula is C18H27NO2. The lowest BCUT2D eigenvalue weighted by atomic mass is 9.74. The number of rotatable bonds is 4. The molecule has 1 saturated carbocycles. The van der Waals surface area contributed by atoms with E-state index < -0.39 is 5.41 Å². The number of Topliss-reactive ketones (excluding diaryl/α,β-unsaturated/α-hetero) is 1. The molecule has 3 heteroatoms. The Morgan fingerprint density at radius 1 is 1.19 bits per heavy atom. The number of methoxy groups -OCH3 is 1. The van der Waals surface area contributed by atoms with Crippen molar-refractivity contribution in [2.24, 2.45) is 11.1 Å². The van der Waals surface area contributed by atoms with Crippen LogP contribution in [0.5, 0.6) is 5.75 Å². The van der Waals surface area contributed by atoms with Gasteiger partial charge >= 0.3 is 0 Å². The van der Waals surface area contributed by atoms with E-state index in [4.69, 9.17) is 10.5 Å². The molecule has 0 unspecified atom stereocenters. The summed E-state index contributed by atoms with van der Waals surface area (Å²) < 4.78 is 5.53. The van der Waals surface area contributed by atoms with Crippen LogP contribution < -0.4 is 10.5 Å². The third-order valence-electron chi connectivity index (χ3n) is 5.06. The SMILES string of the molecule is COc1c(C(=O)C2(CN)CCCCCC2)ccc(C)c1C. The smallest absolute Gasteiger partial charge is 0.173 e. The fraction of sp³-hybridized carbons (Fsp3) is 0.611. The minimum Gasteiger partial charge on any atom is -0.496 e. The monoisotopic (exact) mass is 289 g/mol. The highest BCUT2D eigenvalue weighted by molar-refractivity contribution is 6.03. The molecule has 116 valence electrons. The number of ketones is 1. The Morgan fingerprint density at radius 3 is 2.33 bits per heavy atom. The lowest BCUT2D eigenvalue weighted by molar-refractivity contribution is 0.0771. The van der Waals surface area contributed by atoms with Gasteiger partial charge in [-0.3, -0.25) is 4.79 Å². The van der Waals surface area contributed by atoms with Gasteiger partial charge in [0, 0.05) is 12.0 Å². The Kier molecular flexibility index (Phi) is 5.04. The summed E-state index contributed by atoms with van der Waals surface area (Å²) in [6.45, 7) is 4.48. The molecule has 1 aliphatic rings. The van der Waals surface area contributed by atoms with Crippen LogP contribution in [0.1, 0.15) is 60.0 Å². The van der Waals surface area contributed by atoms with Gasteiger partial charge < -0.3 is 10.5 Å². The maximum absolute atomic E-state index is 13.2. The number of carbonyl (C=O) groups excluding carboxylic acids is 1. The molecule has 0 aromatic heterocycles. The number of carbonyl (C=O) groups is 1. The maximum atomic E-state index is 13.2. The molecule has 0 aliphatic heterocycles. The Labute approximate surface area is 127 Å². The highest BCUT2D eigenvalue weighted by Gasteiger charge is 2.39. The summed E-state index contributed by atoms with van der Waals surface area (Å²) >= 11 is 0. The Balaban J connectivity index is 2.44. The Bertz CT molecular complexity index is 514.